The number of hydrogen-bond donors (Lipinski definition) is 1. The van der Waals surface area contributed by atoms with Crippen LogP contribution in [0.5, 0.6) is 0 Å². The van der Waals surface area contributed by atoms with E-state index in [-0.39, 0.29) is 5.91 Å². The van der Waals surface area contributed by atoms with Crippen LogP contribution in [0, 0.1) is 0 Å². The molecule has 5 rings (SSSR count). The largest absolute Gasteiger partial charge is 0.321 e. The summed E-state index contributed by atoms with van der Waals surface area (Å²) in [6, 6.07) is 23.5. The van der Waals surface area contributed by atoms with Crippen molar-refractivity contribution in [2.24, 2.45) is 0 Å². The lowest BCUT2D eigenvalue weighted by Gasteiger charge is -2.11. The highest BCUT2D eigenvalue weighted by molar-refractivity contribution is 6.33. The first kappa shape index (κ1) is 19.8. The minimum absolute atomic E-state index is 0.282. The fraction of sp³-hybridized carbons (Fsp3) is 0. The van der Waals surface area contributed by atoms with Gasteiger partial charge in [0.2, 0.25) is 0 Å². The number of amides is 1. The van der Waals surface area contributed by atoms with Crippen molar-refractivity contribution in [3.8, 4) is 22.8 Å². The minimum Gasteiger partial charge on any atom is -0.321 e. The molecule has 32 heavy (non-hydrogen) atoms. The summed E-state index contributed by atoms with van der Waals surface area (Å²) in [5.74, 6) is -0.282. The number of nitrogens with one attached hydrogen (secondary N) is 1. The Bertz CT molecular complexity index is 1420. The van der Waals surface area contributed by atoms with Gasteiger partial charge in [0.05, 0.1) is 33.1 Å². The van der Waals surface area contributed by atoms with Crippen LogP contribution in [0.15, 0.2) is 91.3 Å². The molecule has 0 aliphatic rings. The number of pyridine rings is 2. The van der Waals surface area contributed by atoms with Gasteiger partial charge >= 0.3 is 0 Å². The Hall–Kier alpha value is -4.16. The van der Waals surface area contributed by atoms with Crippen LogP contribution in [-0.4, -0.2) is 25.8 Å². The van der Waals surface area contributed by atoms with Gasteiger partial charge in [-0.25, -0.2) is 9.97 Å². The summed E-state index contributed by atoms with van der Waals surface area (Å²) in [6.45, 7) is 0. The van der Waals surface area contributed by atoms with Crippen LogP contribution in [0.3, 0.4) is 0 Å². The van der Waals surface area contributed by atoms with E-state index in [4.69, 9.17) is 21.6 Å². The molecule has 0 unspecified atom stereocenters. The van der Waals surface area contributed by atoms with Gasteiger partial charge in [-0.05, 0) is 54.6 Å². The van der Waals surface area contributed by atoms with Gasteiger partial charge in [0.1, 0.15) is 11.4 Å². The maximum Gasteiger partial charge on any atom is 0.255 e. The molecule has 1 N–H and O–H groups in total. The fourth-order valence-corrected chi connectivity index (χ4v) is 3.50. The first-order valence-electron chi connectivity index (χ1n) is 9.89. The normalized spacial score (nSPS) is 10.8. The number of para-hydroxylation sites is 1. The molecule has 7 heteroatoms. The van der Waals surface area contributed by atoms with Gasteiger partial charge in [0, 0.05) is 18.0 Å². The molecule has 3 heterocycles. The van der Waals surface area contributed by atoms with Crippen molar-refractivity contribution in [2.75, 3.05) is 5.32 Å². The van der Waals surface area contributed by atoms with Crippen LogP contribution < -0.4 is 5.32 Å². The van der Waals surface area contributed by atoms with Gasteiger partial charge in [-0.3, -0.25) is 14.8 Å². The summed E-state index contributed by atoms with van der Waals surface area (Å²) in [4.78, 5) is 31.3. The van der Waals surface area contributed by atoms with E-state index in [1.807, 2.05) is 48.5 Å². The first-order chi connectivity index (χ1) is 15.7. The van der Waals surface area contributed by atoms with Gasteiger partial charge < -0.3 is 5.32 Å². The number of aromatic nitrogens is 4. The smallest absolute Gasteiger partial charge is 0.255 e. The standard InChI is InChI=1S/C25H16ClN5O/c26-17-7-1-2-8-18(17)31-25(32)16-11-12-19-22(15-16)30-24(21-10-4-6-14-28-21)23(29-19)20-9-3-5-13-27-20/h1-15H,(H,31,32). The Morgan fingerprint density at radius 1 is 0.719 bits per heavy atom. The highest BCUT2D eigenvalue weighted by Gasteiger charge is 2.16. The van der Waals surface area contributed by atoms with Crippen LogP contribution >= 0.6 is 11.6 Å². The summed E-state index contributed by atoms with van der Waals surface area (Å²) in [7, 11) is 0. The summed E-state index contributed by atoms with van der Waals surface area (Å²) < 4.78 is 0. The molecule has 0 fully saturated rings. The molecule has 0 spiro atoms. The van der Waals surface area contributed by atoms with Gasteiger partial charge in [-0.15, -0.1) is 0 Å². The molecule has 0 atom stereocenters. The lowest BCUT2D eigenvalue weighted by molar-refractivity contribution is 0.102. The zero-order valence-electron chi connectivity index (χ0n) is 16.7. The second kappa shape index (κ2) is 8.53. The highest BCUT2D eigenvalue weighted by atomic mass is 35.5. The van der Waals surface area contributed by atoms with Gasteiger partial charge in [0.25, 0.3) is 5.91 Å². The van der Waals surface area contributed by atoms with E-state index in [1.165, 1.54) is 0 Å². The van der Waals surface area contributed by atoms with Crippen molar-refractivity contribution in [3.63, 3.8) is 0 Å². The highest BCUT2D eigenvalue weighted by Crippen LogP contribution is 2.29. The van der Waals surface area contributed by atoms with E-state index in [2.05, 4.69) is 15.3 Å². The average molecular weight is 438 g/mol. The molecule has 0 aliphatic carbocycles. The summed E-state index contributed by atoms with van der Waals surface area (Å²) in [5.41, 5.74) is 4.83. The quantitative estimate of drug-likeness (QED) is 0.392. The molecule has 2 aromatic carbocycles. The van der Waals surface area contributed by atoms with Crippen molar-refractivity contribution in [3.05, 3.63) is 102 Å². The second-order valence-electron chi connectivity index (χ2n) is 6.99. The number of halogens is 1. The number of fused-ring (bicyclic) bond motifs is 1. The zero-order chi connectivity index (χ0) is 21.9. The molecule has 0 aliphatic heterocycles. The molecule has 0 saturated heterocycles. The molecule has 1 amide bonds. The third-order valence-electron chi connectivity index (χ3n) is 4.86. The minimum atomic E-state index is -0.282. The molecular weight excluding hydrogens is 422 g/mol. The van der Waals surface area contributed by atoms with Crippen molar-refractivity contribution in [2.45, 2.75) is 0 Å². The molecule has 6 nitrogen and oxygen atoms in total. The third-order valence-corrected chi connectivity index (χ3v) is 5.19. The van der Waals surface area contributed by atoms with Gasteiger partial charge in [-0.1, -0.05) is 35.9 Å². The number of hydrogen-bond acceptors (Lipinski definition) is 5. The topological polar surface area (TPSA) is 80.7 Å². The summed E-state index contributed by atoms with van der Waals surface area (Å²) in [5, 5.41) is 3.30. The maximum atomic E-state index is 12.8. The van der Waals surface area contributed by atoms with E-state index in [0.29, 0.717) is 50.1 Å². The number of nitrogens with zero attached hydrogens (tertiary/aromatic N) is 4. The SMILES string of the molecule is O=C(Nc1ccccc1Cl)c1ccc2nc(-c3ccccn3)c(-c3ccccn3)nc2c1. The van der Waals surface area contributed by atoms with E-state index < -0.39 is 0 Å². The van der Waals surface area contributed by atoms with Gasteiger partial charge in [0.15, 0.2) is 0 Å². The van der Waals surface area contributed by atoms with Crippen LogP contribution in [0.25, 0.3) is 33.8 Å². The van der Waals surface area contributed by atoms with Crippen LogP contribution in [0.2, 0.25) is 5.02 Å². The van der Waals surface area contributed by atoms with Crippen molar-refractivity contribution >= 4 is 34.2 Å². The maximum absolute atomic E-state index is 12.8. The summed E-state index contributed by atoms with van der Waals surface area (Å²) >= 11 is 6.17. The van der Waals surface area contributed by atoms with E-state index >= 15 is 0 Å². The fourth-order valence-electron chi connectivity index (χ4n) is 3.32. The monoisotopic (exact) mass is 437 g/mol. The lowest BCUT2D eigenvalue weighted by Crippen LogP contribution is -2.12. The molecule has 0 radical (unpaired) electrons. The Morgan fingerprint density at radius 2 is 1.34 bits per heavy atom. The third kappa shape index (κ3) is 3.91. The predicted octanol–water partition coefficient (Wildman–Crippen LogP) is 5.66. The van der Waals surface area contributed by atoms with E-state index in [9.17, 15) is 4.79 Å². The molecular formula is C25H16ClN5O. The van der Waals surface area contributed by atoms with Crippen LogP contribution in [0.1, 0.15) is 10.4 Å². The number of anilines is 1. The summed E-state index contributed by atoms with van der Waals surface area (Å²) in [6.07, 6.45) is 3.42. The van der Waals surface area contributed by atoms with Crippen LogP contribution in [0.4, 0.5) is 5.69 Å². The first-order valence-corrected chi connectivity index (χ1v) is 10.3. The van der Waals surface area contributed by atoms with Crippen molar-refractivity contribution in [1.82, 2.24) is 19.9 Å². The van der Waals surface area contributed by atoms with Gasteiger partial charge in [-0.2, -0.15) is 0 Å². The Morgan fingerprint density at radius 3 is 1.97 bits per heavy atom. The molecule has 3 aromatic heterocycles. The average Bonchev–Trinajstić information content (AvgIpc) is 2.85. The molecule has 5 aromatic rings. The van der Waals surface area contributed by atoms with Crippen molar-refractivity contribution < 1.29 is 4.79 Å². The number of carbonyl (C=O) groups excluding carboxylic acids is 1. The number of carbonyl (C=O) groups is 1. The molecule has 0 saturated carbocycles. The Balaban J connectivity index is 1.60. The molecule has 0 bridgehead atoms. The number of rotatable bonds is 4. The predicted molar refractivity (Wildman–Crippen MR) is 125 cm³/mol. The van der Waals surface area contributed by atoms with Crippen LogP contribution in [-0.2, 0) is 0 Å². The second-order valence-corrected chi connectivity index (χ2v) is 7.40. The van der Waals surface area contributed by atoms with Crippen molar-refractivity contribution in [1.29, 1.82) is 0 Å². The zero-order valence-corrected chi connectivity index (χ0v) is 17.5. The van der Waals surface area contributed by atoms with E-state index in [1.54, 1.807) is 42.7 Å². The lowest BCUT2D eigenvalue weighted by atomic mass is 10.1. The Kier molecular flexibility index (Phi) is 5.27. The van der Waals surface area contributed by atoms with E-state index in [0.717, 1.165) is 0 Å². The number of benzene rings is 2. The molecule has 154 valence electrons. The Labute approximate surface area is 189 Å².